The zero-order valence-electron chi connectivity index (χ0n) is 20.0. The van der Waals surface area contributed by atoms with E-state index < -0.39 is 0 Å². The molecule has 2 amide bonds. The summed E-state index contributed by atoms with van der Waals surface area (Å²) in [7, 11) is 0. The summed E-state index contributed by atoms with van der Waals surface area (Å²) in [5.74, 6) is -0.0413. The largest absolute Gasteiger partial charge is 0.491 e. The molecule has 0 aromatic heterocycles. The van der Waals surface area contributed by atoms with E-state index >= 15 is 0 Å². The number of ether oxygens (including phenoxy) is 1. The minimum atomic E-state index is -0.380. The van der Waals surface area contributed by atoms with Crippen molar-refractivity contribution < 1.29 is 14.3 Å². The smallest absolute Gasteiger partial charge is 0.282 e. The highest BCUT2D eigenvalue weighted by Gasteiger charge is 2.40. The molecule has 6 nitrogen and oxygen atoms in total. The average molecular weight is 468 g/mol. The predicted molar refractivity (Wildman–Crippen MR) is 140 cm³/mol. The van der Waals surface area contributed by atoms with Crippen LogP contribution in [-0.2, 0) is 9.59 Å². The van der Waals surface area contributed by atoms with Crippen LogP contribution in [-0.4, -0.2) is 31.0 Å². The Kier molecular flexibility index (Phi) is 6.27. The molecule has 3 aromatic rings. The second-order valence-electron chi connectivity index (χ2n) is 9.09. The van der Waals surface area contributed by atoms with Gasteiger partial charge in [0, 0.05) is 24.5 Å². The van der Waals surface area contributed by atoms with Crippen molar-refractivity contribution in [1.29, 1.82) is 0 Å². The van der Waals surface area contributed by atoms with Crippen molar-refractivity contribution in [3.63, 3.8) is 0 Å². The van der Waals surface area contributed by atoms with E-state index in [1.54, 1.807) is 24.3 Å². The molecule has 2 heterocycles. The Labute approximate surface area is 205 Å². The molecule has 0 atom stereocenters. The van der Waals surface area contributed by atoms with Gasteiger partial charge in [0.15, 0.2) is 0 Å². The van der Waals surface area contributed by atoms with Gasteiger partial charge in [0.2, 0.25) is 0 Å². The predicted octanol–water partition coefficient (Wildman–Crippen LogP) is 5.47. The summed E-state index contributed by atoms with van der Waals surface area (Å²) in [4.78, 5) is 30.7. The average Bonchev–Trinajstić information content (AvgIpc) is 3.48. The quantitative estimate of drug-likeness (QED) is 0.467. The highest BCUT2D eigenvalue weighted by molar-refractivity contribution is 6.46. The maximum absolute atomic E-state index is 13.6. The number of rotatable bonds is 7. The summed E-state index contributed by atoms with van der Waals surface area (Å²) < 4.78 is 5.71. The molecule has 35 heavy (non-hydrogen) atoms. The molecular weight excluding hydrogens is 438 g/mol. The Morgan fingerprint density at radius 2 is 1.40 bits per heavy atom. The molecule has 1 N–H and O–H groups in total. The minimum Gasteiger partial charge on any atom is -0.491 e. The Balaban J connectivity index is 1.46. The maximum Gasteiger partial charge on any atom is 0.282 e. The summed E-state index contributed by atoms with van der Waals surface area (Å²) in [5, 5.41) is 3.25. The molecule has 1 fully saturated rings. The molecule has 5 rings (SSSR count). The first-order chi connectivity index (χ1) is 17.0. The lowest BCUT2D eigenvalue weighted by atomic mass is 10.0. The number of hydrogen-bond donors (Lipinski definition) is 1. The number of benzene rings is 3. The van der Waals surface area contributed by atoms with E-state index in [9.17, 15) is 9.59 Å². The fourth-order valence-corrected chi connectivity index (χ4v) is 4.57. The third-order valence-electron chi connectivity index (χ3n) is 6.22. The van der Waals surface area contributed by atoms with Gasteiger partial charge >= 0.3 is 0 Å². The van der Waals surface area contributed by atoms with Crippen molar-refractivity contribution in [2.24, 2.45) is 0 Å². The van der Waals surface area contributed by atoms with E-state index in [0.717, 1.165) is 18.8 Å². The van der Waals surface area contributed by atoms with Gasteiger partial charge in [0.1, 0.15) is 11.4 Å². The Bertz CT molecular complexity index is 1240. The van der Waals surface area contributed by atoms with E-state index in [4.69, 9.17) is 4.74 Å². The van der Waals surface area contributed by atoms with Crippen LogP contribution in [0.2, 0.25) is 0 Å². The Hall–Kier alpha value is -4.06. The number of hydrogen-bond acceptors (Lipinski definition) is 5. The van der Waals surface area contributed by atoms with Gasteiger partial charge in [-0.2, -0.15) is 0 Å². The van der Waals surface area contributed by atoms with Gasteiger partial charge in [-0.25, -0.2) is 4.90 Å². The number of imide groups is 1. The van der Waals surface area contributed by atoms with Crippen molar-refractivity contribution >= 4 is 34.4 Å². The lowest BCUT2D eigenvalue weighted by Crippen LogP contribution is -2.32. The molecule has 2 aliphatic rings. The normalized spacial score (nSPS) is 16.0. The van der Waals surface area contributed by atoms with Gasteiger partial charge in [-0.15, -0.1) is 0 Å². The third kappa shape index (κ3) is 4.64. The van der Waals surface area contributed by atoms with Crippen LogP contribution in [0.25, 0.3) is 5.57 Å². The lowest BCUT2D eigenvalue weighted by molar-refractivity contribution is -0.120. The lowest BCUT2D eigenvalue weighted by Gasteiger charge is -2.18. The topological polar surface area (TPSA) is 61.9 Å². The highest BCUT2D eigenvalue weighted by atomic mass is 16.5. The fourth-order valence-electron chi connectivity index (χ4n) is 4.57. The number of anilines is 3. The summed E-state index contributed by atoms with van der Waals surface area (Å²) in [6.45, 7) is 6.04. The molecular formula is C29H29N3O3. The van der Waals surface area contributed by atoms with Crippen LogP contribution >= 0.6 is 0 Å². The molecule has 0 bridgehead atoms. The number of nitrogens with one attached hydrogen (secondary N) is 1. The molecule has 2 aliphatic heterocycles. The minimum absolute atomic E-state index is 0.0370. The molecule has 0 spiro atoms. The van der Waals surface area contributed by atoms with Crippen LogP contribution in [0.4, 0.5) is 17.1 Å². The molecule has 6 heteroatoms. The third-order valence-corrected chi connectivity index (χ3v) is 6.22. The first-order valence-electron chi connectivity index (χ1n) is 12.1. The van der Waals surface area contributed by atoms with Crippen molar-refractivity contribution in [3.05, 3.63) is 90.1 Å². The van der Waals surface area contributed by atoms with Crippen molar-refractivity contribution in [3.8, 4) is 5.75 Å². The fraction of sp³-hybridized carbons (Fsp3) is 0.241. The first-order valence-corrected chi connectivity index (χ1v) is 12.1. The van der Waals surface area contributed by atoms with Crippen molar-refractivity contribution in [1.82, 2.24) is 0 Å². The van der Waals surface area contributed by atoms with Crippen LogP contribution in [0, 0.1) is 0 Å². The molecule has 1 saturated heterocycles. The van der Waals surface area contributed by atoms with Crippen LogP contribution in [0.1, 0.15) is 32.3 Å². The van der Waals surface area contributed by atoms with Crippen molar-refractivity contribution in [2.75, 3.05) is 28.2 Å². The molecule has 0 unspecified atom stereocenters. The Morgan fingerprint density at radius 1 is 0.771 bits per heavy atom. The monoisotopic (exact) mass is 467 g/mol. The van der Waals surface area contributed by atoms with Crippen molar-refractivity contribution in [2.45, 2.75) is 32.8 Å². The number of carbonyl (C=O) groups is 2. The van der Waals surface area contributed by atoms with Gasteiger partial charge < -0.3 is 15.0 Å². The summed E-state index contributed by atoms with van der Waals surface area (Å²) in [6.07, 6.45) is 2.46. The zero-order valence-corrected chi connectivity index (χ0v) is 20.0. The molecule has 0 radical (unpaired) electrons. The molecule has 178 valence electrons. The van der Waals surface area contributed by atoms with Crippen LogP contribution < -0.4 is 19.9 Å². The van der Waals surface area contributed by atoms with Gasteiger partial charge in [-0.3, -0.25) is 9.59 Å². The Morgan fingerprint density at radius 3 is 2.03 bits per heavy atom. The van der Waals surface area contributed by atoms with Crippen LogP contribution in [0.3, 0.4) is 0 Å². The number of amides is 2. The number of carbonyl (C=O) groups excluding carboxylic acids is 2. The van der Waals surface area contributed by atoms with Gasteiger partial charge in [0.05, 0.1) is 17.4 Å². The summed E-state index contributed by atoms with van der Waals surface area (Å²) in [6, 6.07) is 24.4. The standard InChI is InChI=1S/C29H29N3O3/c1-20(2)35-25-16-14-24(15-17-25)32-28(33)26(21-8-4-3-5-9-21)27(29(32)34)30-22-10-12-23(13-11-22)31-18-6-7-19-31/h3-5,8-17,20,30H,6-7,18-19H2,1-2H3. The summed E-state index contributed by atoms with van der Waals surface area (Å²) >= 11 is 0. The second-order valence-corrected chi connectivity index (χ2v) is 9.09. The second kappa shape index (κ2) is 9.66. The van der Waals surface area contributed by atoms with Gasteiger partial charge in [-0.05, 0) is 80.8 Å². The summed E-state index contributed by atoms with van der Waals surface area (Å²) in [5.41, 5.74) is 3.78. The van der Waals surface area contributed by atoms with E-state index in [1.165, 1.54) is 23.4 Å². The molecule has 0 saturated carbocycles. The van der Waals surface area contributed by atoms with E-state index in [-0.39, 0.29) is 23.6 Å². The highest BCUT2D eigenvalue weighted by Crippen LogP contribution is 2.34. The zero-order chi connectivity index (χ0) is 24.4. The molecule has 3 aromatic carbocycles. The van der Waals surface area contributed by atoms with E-state index in [0.29, 0.717) is 22.6 Å². The maximum atomic E-state index is 13.6. The van der Waals surface area contributed by atoms with E-state index in [2.05, 4.69) is 22.3 Å². The van der Waals surface area contributed by atoms with Crippen LogP contribution in [0.15, 0.2) is 84.6 Å². The van der Waals surface area contributed by atoms with Crippen LogP contribution in [0.5, 0.6) is 5.75 Å². The molecule has 0 aliphatic carbocycles. The van der Waals surface area contributed by atoms with E-state index in [1.807, 2.05) is 56.3 Å². The first kappa shape index (κ1) is 22.7. The number of nitrogens with zero attached hydrogens (tertiary/aromatic N) is 2. The SMILES string of the molecule is CC(C)Oc1ccc(N2C(=O)C(Nc3ccc(N4CCCC4)cc3)=C(c3ccccc3)C2=O)cc1. The van der Waals surface area contributed by atoms with Gasteiger partial charge in [-0.1, -0.05) is 30.3 Å². The van der Waals surface area contributed by atoms with Gasteiger partial charge in [0.25, 0.3) is 11.8 Å².